The largest absolute Gasteiger partial charge is 0.374 e. The summed E-state index contributed by atoms with van der Waals surface area (Å²) in [7, 11) is 2.01. The maximum absolute atomic E-state index is 10.7. The summed E-state index contributed by atoms with van der Waals surface area (Å²) in [5, 5.41) is 11.3. The minimum Gasteiger partial charge on any atom is -0.374 e. The molecule has 5 heteroatoms. The molecule has 0 aromatic heterocycles. The van der Waals surface area contributed by atoms with Gasteiger partial charge in [-0.05, 0) is 17.5 Å². The highest BCUT2D eigenvalue weighted by Gasteiger charge is 2.13. The number of non-ortho nitro benzene ring substituents is 1. The molecule has 94 valence electrons. The van der Waals surface area contributed by atoms with Crippen molar-refractivity contribution in [3.63, 3.8) is 0 Å². The number of benzene rings is 1. The molecular weight excluding hydrogens is 284 g/mol. The molecule has 4 nitrogen and oxygen atoms in total. The number of hydrogen-bond acceptors (Lipinski definition) is 3. The fraction of sp³-hybridized carbons (Fsp3) is 0.500. The van der Waals surface area contributed by atoms with Gasteiger partial charge in [0.25, 0.3) is 5.69 Å². The molecular formula is C12H17BrN2O2. The lowest BCUT2D eigenvalue weighted by molar-refractivity contribution is -0.384. The predicted molar refractivity (Wildman–Crippen MR) is 73.8 cm³/mol. The molecule has 0 atom stereocenters. The van der Waals surface area contributed by atoms with Gasteiger partial charge >= 0.3 is 0 Å². The normalized spacial score (nSPS) is 10.6. The monoisotopic (exact) mass is 300 g/mol. The molecule has 0 spiro atoms. The third-order valence-corrected chi connectivity index (χ3v) is 3.07. The Morgan fingerprint density at radius 2 is 2.12 bits per heavy atom. The van der Waals surface area contributed by atoms with E-state index in [1.807, 2.05) is 13.1 Å². The molecule has 1 aromatic carbocycles. The summed E-state index contributed by atoms with van der Waals surface area (Å²) in [4.78, 5) is 12.5. The van der Waals surface area contributed by atoms with Crippen LogP contribution in [0.1, 0.15) is 19.4 Å². The van der Waals surface area contributed by atoms with E-state index in [2.05, 4.69) is 34.7 Å². The Kier molecular flexibility index (Phi) is 4.93. The first-order valence-corrected chi connectivity index (χ1v) is 6.62. The van der Waals surface area contributed by atoms with Gasteiger partial charge in [0.1, 0.15) is 0 Å². The van der Waals surface area contributed by atoms with Crippen LogP contribution in [0.25, 0.3) is 0 Å². The molecule has 0 saturated carbocycles. The summed E-state index contributed by atoms with van der Waals surface area (Å²) < 4.78 is 0. The highest BCUT2D eigenvalue weighted by Crippen LogP contribution is 2.27. The Hall–Kier alpha value is -1.10. The van der Waals surface area contributed by atoms with Crippen LogP contribution in [0.2, 0.25) is 0 Å². The van der Waals surface area contributed by atoms with Gasteiger partial charge < -0.3 is 4.90 Å². The van der Waals surface area contributed by atoms with E-state index in [0.717, 1.165) is 17.8 Å². The first-order valence-electron chi connectivity index (χ1n) is 5.50. The van der Waals surface area contributed by atoms with E-state index in [4.69, 9.17) is 0 Å². The van der Waals surface area contributed by atoms with Crippen LogP contribution in [0.4, 0.5) is 11.4 Å². The summed E-state index contributed by atoms with van der Waals surface area (Å²) >= 11 is 3.38. The zero-order valence-corrected chi connectivity index (χ0v) is 11.9. The quantitative estimate of drug-likeness (QED) is 0.474. The molecule has 1 aromatic rings. The van der Waals surface area contributed by atoms with Gasteiger partial charge in [0.15, 0.2) is 0 Å². The minimum atomic E-state index is -0.363. The molecule has 0 heterocycles. The molecule has 17 heavy (non-hydrogen) atoms. The van der Waals surface area contributed by atoms with Crippen LogP contribution in [0.5, 0.6) is 0 Å². The zero-order chi connectivity index (χ0) is 13.0. The van der Waals surface area contributed by atoms with Gasteiger partial charge in [-0.15, -0.1) is 0 Å². The standard InChI is InChI=1S/C12H17BrN2O2/c1-9(2)8-14(3)12-5-4-11(15(16)17)6-10(12)7-13/h4-6,9H,7-8H2,1-3H3. The van der Waals surface area contributed by atoms with Crippen LogP contribution >= 0.6 is 15.9 Å². The van der Waals surface area contributed by atoms with Crippen LogP contribution in [-0.2, 0) is 5.33 Å². The Labute approximate surface area is 110 Å². The first-order chi connectivity index (χ1) is 7.95. The minimum absolute atomic E-state index is 0.140. The van der Waals surface area contributed by atoms with Crippen LogP contribution in [0, 0.1) is 16.0 Å². The molecule has 0 amide bonds. The van der Waals surface area contributed by atoms with E-state index in [1.165, 1.54) is 0 Å². The van der Waals surface area contributed by atoms with Gasteiger partial charge in [-0.25, -0.2) is 0 Å². The van der Waals surface area contributed by atoms with Gasteiger partial charge in [0, 0.05) is 36.7 Å². The summed E-state index contributed by atoms with van der Waals surface area (Å²) in [6, 6.07) is 5.00. The van der Waals surface area contributed by atoms with E-state index in [1.54, 1.807) is 12.1 Å². The fourth-order valence-electron chi connectivity index (χ4n) is 1.81. The van der Waals surface area contributed by atoms with Gasteiger partial charge in [0.2, 0.25) is 0 Å². The summed E-state index contributed by atoms with van der Waals surface area (Å²) in [6.07, 6.45) is 0. The summed E-state index contributed by atoms with van der Waals surface area (Å²) in [6.45, 7) is 5.23. The van der Waals surface area contributed by atoms with Gasteiger partial charge in [-0.1, -0.05) is 29.8 Å². The van der Waals surface area contributed by atoms with E-state index in [-0.39, 0.29) is 10.6 Å². The Morgan fingerprint density at radius 3 is 2.59 bits per heavy atom. The van der Waals surface area contributed by atoms with E-state index >= 15 is 0 Å². The van der Waals surface area contributed by atoms with Crippen LogP contribution in [-0.4, -0.2) is 18.5 Å². The number of halogens is 1. The molecule has 0 radical (unpaired) electrons. The van der Waals surface area contributed by atoms with Crippen LogP contribution < -0.4 is 4.90 Å². The van der Waals surface area contributed by atoms with Crippen molar-refractivity contribution in [2.45, 2.75) is 19.2 Å². The molecule has 0 aliphatic carbocycles. The molecule has 0 unspecified atom stereocenters. The van der Waals surface area contributed by atoms with E-state index in [9.17, 15) is 10.1 Å². The maximum Gasteiger partial charge on any atom is 0.269 e. The summed E-state index contributed by atoms with van der Waals surface area (Å²) in [5.41, 5.74) is 2.13. The summed E-state index contributed by atoms with van der Waals surface area (Å²) in [5.74, 6) is 0.554. The number of nitrogens with zero attached hydrogens (tertiary/aromatic N) is 2. The number of anilines is 1. The third kappa shape index (κ3) is 3.70. The van der Waals surface area contributed by atoms with Crippen molar-refractivity contribution in [2.75, 3.05) is 18.5 Å². The lowest BCUT2D eigenvalue weighted by atomic mass is 10.1. The Morgan fingerprint density at radius 1 is 1.47 bits per heavy atom. The number of hydrogen-bond donors (Lipinski definition) is 0. The first kappa shape index (κ1) is 14.0. The van der Waals surface area contributed by atoms with Crippen molar-refractivity contribution in [3.8, 4) is 0 Å². The van der Waals surface area contributed by atoms with Gasteiger partial charge in [-0.2, -0.15) is 0 Å². The average Bonchev–Trinajstić information content (AvgIpc) is 2.27. The topological polar surface area (TPSA) is 46.4 Å². The molecule has 0 bridgehead atoms. The van der Waals surface area contributed by atoms with Crippen molar-refractivity contribution in [2.24, 2.45) is 5.92 Å². The number of nitro groups is 1. The predicted octanol–water partition coefficient (Wildman–Crippen LogP) is 3.58. The van der Waals surface area contributed by atoms with Crippen LogP contribution in [0.3, 0.4) is 0 Å². The smallest absolute Gasteiger partial charge is 0.269 e. The van der Waals surface area contributed by atoms with Crippen molar-refractivity contribution in [1.29, 1.82) is 0 Å². The lowest BCUT2D eigenvalue weighted by Gasteiger charge is -2.23. The van der Waals surface area contributed by atoms with Crippen LogP contribution in [0.15, 0.2) is 18.2 Å². The van der Waals surface area contributed by atoms with E-state index in [0.29, 0.717) is 11.2 Å². The molecule has 0 aliphatic rings. The van der Waals surface area contributed by atoms with Gasteiger partial charge in [-0.3, -0.25) is 10.1 Å². The second-order valence-electron chi connectivity index (χ2n) is 4.48. The van der Waals surface area contributed by atoms with E-state index < -0.39 is 0 Å². The second-order valence-corrected chi connectivity index (χ2v) is 5.04. The Balaban J connectivity index is 3.03. The molecule has 0 aliphatic heterocycles. The van der Waals surface area contributed by atoms with Gasteiger partial charge in [0.05, 0.1) is 4.92 Å². The van der Waals surface area contributed by atoms with Crippen molar-refractivity contribution >= 4 is 27.3 Å². The highest BCUT2D eigenvalue weighted by molar-refractivity contribution is 9.08. The third-order valence-electron chi connectivity index (χ3n) is 2.47. The Bertz CT molecular complexity index is 407. The second kappa shape index (κ2) is 6.00. The fourth-order valence-corrected chi connectivity index (χ4v) is 2.26. The molecule has 0 N–H and O–H groups in total. The SMILES string of the molecule is CC(C)CN(C)c1ccc([N+](=O)[O-])cc1CBr. The highest BCUT2D eigenvalue weighted by atomic mass is 79.9. The van der Waals surface area contributed by atoms with Crippen molar-refractivity contribution in [3.05, 3.63) is 33.9 Å². The maximum atomic E-state index is 10.7. The average molecular weight is 301 g/mol. The van der Waals surface area contributed by atoms with Crippen molar-refractivity contribution < 1.29 is 4.92 Å². The lowest BCUT2D eigenvalue weighted by Crippen LogP contribution is -2.23. The zero-order valence-electron chi connectivity index (χ0n) is 10.3. The molecule has 0 saturated heterocycles. The number of rotatable bonds is 5. The number of nitro benzene ring substituents is 1. The molecule has 1 rings (SSSR count). The van der Waals surface area contributed by atoms with Crippen molar-refractivity contribution in [1.82, 2.24) is 0 Å². The number of alkyl halides is 1. The molecule has 0 fully saturated rings.